The van der Waals surface area contributed by atoms with Crippen LogP contribution in [0, 0.1) is 5.92 Å². The molecule has 0 saturated carbocycles. The average Bonchev–Trinajstić information content (AvgIpc) is 3.22. The van der Waals surface area contributed by atoms with Gasteiger partial charge in [0.2, 0.25) is 5.91 Å². The second kappa shape index (κ2) is 16.0. The molecule has 0 aliphatic carbocycles. The Labute approximate surface area is 279 Å². The van der Waals surface area contributed by atoms with Gasteiger partial charge >= 0.3 is 0 Å². The number of benzene rings is 3. The largest absolute Gasteiger partial charge is 0.491 e. The number of amides is 1. The van der Waals surface area contributed by atoms with Crippen molar-refractivity contribution in [1.29, 1.82) is 0 Å². The molecule has 1 saturated heterocycles. The maximum Gasteiger partial charge on any atom is 0.230 e. The molecule has 1 amide bonds. The Morgan fingerprint density at radius 3 is 2.41 bits per heavy atom. The van der Waals surface area contributed by atoms with Gasteiger partial charge in [-0.05, 0) is 112 Å². The minimum absolute atomic E-state index is 0. The van der Waals surface area contributed by atoms with Crippen LogP contribution in [0.5, 0.6) is 5.75 Å². The lowest BCUT2D eigenvalue weighted by Crippen LogP contribution is -2.43. The molecule has 1 unspecified atom stereocenters. The van der Waals surface area contributed by atoms with Crippen LogP contribution in [0.3, 0.4) is 0 Å². The van der Waals surface area contributed by atoms with Crippen molar-refractivity contribution in [1.82, 2.24) is 9.80 Å². The summed E-state index contributed by atoms with van der Waals surface area (Å²) in [7, 11) is 0. The third-order valence-corrected chi connectivity index (χ3v) is 9.37. The second-order valence-corrected chi connectivity index (χ2v) is 13.0. The van der Waals surface area contributed by atoms with Crippen molar-refractivity contribution < 1.29 is 9.53 Å². The lowest BCUT2D eigenvalue weighted by atomic mass is 9.76. The zero-order chi connectivity index (χ0) is 30.2. The Bertz CT molecular complexity index is 1430. The van der Waals surface area contributed by atoms with Crippen molar-refractivity contribution in [2.75, 3.05) is 26.2 Å². The van der Waals surface area contributed by atoms with Gasteiger partial charge in [-0.3, -0.25) is 4.79 Å². The van der Waals surface area contributed by atoms with Crippen LogP contribution in [-0.2, 0) is 23.1 Å². The van der Waals surface area contributed by atoms with E-state index >= 15 is 0 Å². The molecule has 5 rings (SSSR count). The number of carbonyl (C=O) groups is 1. The Hall–Kier alpha value is -2.76. The van der Waals surface area contributed by atoms with E-state index in [0.29, 0.717) is 23.0 Å². The van der Waals surface area contributed by atoms with Crippen molar-refractivity contribution in [3.8, 4) is 5.75 Å². The predicted molar refractivity (Wildman–Crippen MR) is 185 cm³/mol. The minimum Gasteiger partial charge on any atom is -0.491 e. The Morgan fingerprint density at radius 2 is 1.68 bits per heavy atom. The molecule has 2 aliphatic rings. The fourth-order valence-electron chi connectivity index (χ4n) is 6.27. The summed E-state index contributed by atoms with van der Waals surface area (Å²) in [5, 5.41) is 1.07. The highest BCUT2D eigenvalue weighted by Gasteiger charge is 2.35. The quantitative estimate of drug-likeness (QED) is 0.219. The van der Waals surface area contributed by atoms with Crippen LogP contribution in [-0.4, -0.2) is 48.0 Å². The molecular weight excluding hydrogens is 611 g/mol. The number of likely N-dealkylation sites (tertiary alicyclic amines) is 1. The van der Waals surface area contributed by atoms with Crippen molar-refractivity contribution in [2.24, 2.45) is 5.92 Å². The van der Waals surface area contributed by atoms with Crippen LogP contribution in [0.2, 0.25) is 10.0 Å². The fraction of sp³-hybridized carbons (Fsp3) is 0.378. The average molecular weight is 654 g/mol. The van der Waals surface area contributed by atoms with E-state index in [9.17, 15) is 4.79 Å². The highest BCUT2D eigenvalue weighted by Crippen LogP contribution is 2.37. The number of rotatable bonds is 10. The van der Waals surface area contributed by atoms with E-state index in [2.05, 4.69) is 53.5 Å². The van der Waals surface area contributed by atoms with Gasteiger partial charge in [-0.1, -0.05) is 83.9 Å². The molecule has 1 fully saturated rings. The van der Waals surface area contributed by atoms with E-state index in [4.69, 9.17) is 27.9 Å². The van der Waals surface area contributed by atoms with Gasteiger partial charge in [0.15, 0.2) is 0 Å². The fourth-order valence-corrected chi connectivity index (χ4v) is 6.57. The maximum absolute atomic E-state index is 13.7. The first-order valence-electron chi connectivity index (χ1n) is 15.4. The molecule has 44 heavy (non-hydrogen) atoms. The summed E-state index contributed by atoms with van der Waals surface area (Å²) in [6.07, 6.45) is 13.0. The molecular formula is C37H43Cl3N2O2. The molecule has 2 heterocycles. The van der Waals surface area contributed by atoms with Crippen LogP contribution in [0.1, 0.15) is 49.8 Å². The third-order valence-electron chi connectivity index (χ3n) is 8.63. The van der Waals surface area contributed by atoms with Crippen LogP contribution in [0.25, 0.3) is 0 Å². The zero-order valence-electron chi connectivity index (χ0n) is 25.6. The van der Waals surface area contributed by atoms with Gasteiger partial charge in [-0.25, -0.2) is 0 Å². The standard InChI is InChI=1S/C37H42Cl2N2O2.ClH/c1-28(2)43-33-12-8-11-31(24-33)25-36(42)41-19-7-6-17-37(27-41,32-13-14-34(38)35(39)26-32)18-22-40-20-15-30(16-21-40)23-29-9-4-3-5-10-29;/h3-14,17,19,24,26,28,30H,15-16,18,20-23,25,27H2,1-2H3;1H. The predicted octanol–water partition coefficient (Wildman–Crippen LogP) is 8.94. The van der Waals surface area contributed by atoms with E-state index < -0.39 is 5.41 Å². The highest BCUT2D eigenvalue weighted by atomic mass is 35.5. The number of allylic oxidation sites excluding steroid dienone is 2. The summed E-state index contributed by atoms with van der Waals surface area (Å²) < 4.78 is 5.86. The number of piperidine rings is 1. The van der Waals surface area contributed by atoms with Crippen LogP contribution < -0.4 is 4.74 Å². The Balaban J connectivity index is 0.00000442. The van der Waals surface area contributed by atoms with E-state index in [1.807, 2.05) is 67.4 Å². The molecule has 0 bridgehead atoms. The van der Waals surface area contributed by atoms with Gasteiger partial charge in [0.1, 0.15) is 5.75 Å². The highest BCUT2D eigenvalue weighted by molar-refractivity contribution is 6.42. The molecule has 0 radical (unpaired) electrons. The molecule has 0 aromatic heterocycles. The summed E-state index contributed by atoms with van der Waals surface area (Å²) in [5.74, 6) is 1.56. The van der Waals surface area contributed by atoms with Gasteiger partial charge in [0.05, 0.1) is 22.6 Å². The molecule has 3 aromatic carbocycles. The van der Waals surface area contributed by atoms with Crippen molar-refractivity contribution in [3.63, 3.8) is 0 Å². The molecule has 0 spiro atoms. The first-order chi connectivity index (χ1) is 20.8. The summed E-state index contributed by atoms with van der Waals surface area (Å²) in [4.78, 5) is 18.2. The number of carbonyl (C=O) groups excluding carboxylic acids is 1. The normalized spacial score (nSPS) is 19.1. The first-order valence-corrected chi connectivity index (χ1v) is 16.2. The van der Waals surface area contributed by atoms with Gasteiger partial charge in [-0.15, -0.1) is 12.4 Å². The van der Waals surface area contributed by atoms with Gasteiger partial charge in [-0.2, -0.15) is 0 Å². The van der Waals surface area contributed by atoms with Crippen molar-refractivity contribution in [3.05, 3.63) is 124 Å². The molecule has 4 nitrogen and oxygen atoms in total. The number of halogens is 3. The van der Waals surface area contributed by atoms with E-state index in [0.717, 1.165) is 55.3 Å². The Morgan fingerprint density at radius 1 is 0.932 bits per heavy atom. The van der Waals surface area contributed by atoms with E-state index in [1.54, 1.807) is 0 Å². The molecule has 234 valence electrons. The zero-order valence-corrected chi connectivity index (χ0v) is 28.0. The summed E-state index contributed by atoms with van der Waals surface area (Å²) in [5.41, 5.74) is 3.04. The summed E-state index contributed by atoms with van der Waals surface area (Å²) in [6, 6.07) is 24.6. The van der Waals surface area contributed by atoms with Crippen LogP contribution >= 0.6 is 35.6 Å². The summed E-state index contributed by atoms with van der Waals surface area (Å²) >= 11 is 12.9. The molecule has 3 aromatic rings. The number of hydrogen-bond donors (Lipinski definition) is 0. The lowest BCUT2D eigenvalue weighted by Gasteiger charge is -2.38. The van der Waals surface area contributed by atoms with Crippen LogP contribution in [0.15, 0.2) is 97.2 Å². The Kier molecular flexibility index (Phi) is 12.4. The summed E-state index contributed by atoms with van der Waals surface area (Å²) in [6.45, 7) is 7.66. The van der Waals surface area contributed by atoms with Gasteiger partial charge < -0.3 is 14.5 Å². The van der Waals surface area contributed by atoms with Gasteiger partial charge in [0.25, 0.3) is 0 Å². The topological polar surface area (TPSA) is 32.8 Å². The maximum atomic E-state index is 13.7. The van der Waals surface area contributed by atoms with Crippen molar-refractivity contribution >= 4 is 41.5 Å². The number of ether oxygens (including phenoxy) is 1. The first kappa shape index (κ1) is 34.1. The third kappa shape index (κ3) is 9.14. The lowest BCUT2D eigenvalue weighted by molar-refractivity contribution is -0.128. The monoisotopic (exact) mass is 652 g/mol. The van der Waals surface area contributed by atoms with E-state index in [1.165, 1.54) is 18.4 Å². The molecule has 2 aliphatic heterocycles. The number of hydrogen-bond acceptors (Lipinski definition) is 3. The van der Waals surface area contributed by atoms with Crippen molar-refractivity contribution in [2.45, 2.75) is 57.5 Å². The number of nitrogens with zero attached hydrogens (tertiary/aromatic N) is 2. The SMILES string of the molecule is CC(C)Oc1cccc(CC(=O)N2C=CC=CC(CCN3CCC(Cc4ccccc4)CC3)(c3ccc(Cl)c(Cl)c3)C2)c1.Cl. The minimum atomic E-state index is -0.406. The molecule has 7 heteroatoms. The molecule has 1 atom stereocenters. The van der Waals surface area contributed by atoms with Gasteiger partial charge in [0, 0.05) is 18.2 Å². The van der Waals surface area contributed by atoms with Crippen LogP contribution in [0.4, 0.5) is 0 Å². The smallest absolute Gasteiger partial charge is 0.230 e. The van der Waals surface area contributed by atoms with E-state index in [-0.39, 0.29) is 24.4 Å². The molecule has 0 N–H and O–H groups in total. The second-order valence-electron chi connectivity index (χ2n) is 12.2.